The summed E-state index contributed by atoms with van der Waals surface area (Å²) in [5.41, 5.74) is 14.3. The highest BCUT2D eigenvalue weighted by Gasteiger charge is 2.15. The number of nitrogens with two attached hydrogens (primary N) is 1. The fourth-order valence-corrected chi connectivity index (χ4v) is 4.39. The van der Waals surface area contributed by atoms with E-state index >= 15 is 0 Å². The number of hydrogen-bond acceptors (Lipinski definition) is 4. The molecule has 0 aliphatic heterocycles. The highest BCUT2D eigenvalue weighted by atomic mass is 16.5. The third-order valence-corrected chi connectivity index (χ3v) is 6.30. The summed E-state index contributed by atoms with van der Waals surface area (Å²) in [5, 5.41) is 16.8. The Bertz CT molecular complexity index is 1520. The van der Waals surface area contributed by atoms with Crippen LogP contribution in [0.5, 0.6) is 11.5 Å². The van der Waals surface area contributed by atoms with Crippen molar-refractivity contribution in [3.63, 3.8) is 0 Å². The Kier molecular flexibility index (Phi) is 8.19. The van der Waals surface area contributed by atoms with Crippen molar-refractivity contribution in [2.45, 2.75) is 20.3 Å². The summed E-state index contributed by atoms with van der Waals surface area (Å²) in [5.74, 6) is 0.595. The van der Waals surface area contributed by atoms with Crippen molar-refractivity contribution in [3.05, 3.63) is 130 Å². The third kappa shape index (κ3) is 6.08. The van der Waals surface area contributed by atoms with E-state index in [1.54, 1.807) is 6.08 Å². The van der Waals surface area contributed by atoms with E-state index in [2.05, 4.69) is 19.1 Å². The molecule has 4 aromatic carbocycles. The second kappa shape index (κ2) is 11.9. The van der Waals surface area contributed by atoms with E-state index in [9.17, 15) is 4.79 Å². The summed E-state index contributed by atoms with van der Waals surface area (Å²) in [4.78, 5) is 10.9. The maximum Gasteiger partial charge on any atom is 0.328 e. The third-order valence-electron chi connectivity index (χ3n) is 6.30. The number of para-hydroxylation sites is 1. The van der Waals surface area contributed by atoms with E-state index in [0.29, 0.717) is 11.3 Å². The number of hydrogen-bond donors (Lipinski definition) is 3. The van der Waals surface area contributed by atoms with Crippen LogP contribution in [0.4, 0.5) is 5.69 Å². The van der Waals surface area contributed by atoms with Crippen LogP contribution < -0.4 is 10.5 Å². The predicted molar refractivity (Wildman–Crippen MR) is 156 cm³/mol. The summed E-state index contributed by atoms with van der Waals surface area (Å²) in [6, 6.07) is 29.4. The molecule has 0 spiro atoms. The molecule has 4 aromatic rings. The van der Waals surface area contributed by atoms with Gasteiger partial charge in [0.2, 0.25) is 0 Å². The molecule has 0 aliphatic carbocycles. The predicted octanol–water partition coefficient (Wildman–Crippen LogP) is 7.83. The van der Waals surface area contributed by atoms with Crippen LogP contribution in [0.2, 0.25) is 0 Å². The number of nitrogens with one attached hydrogen (secondary N) is 1. The number of ether oxygens (including phenoxy) is 1. The number of carbonyl (C=O) groups is 1. The SMILES string of the molecule is CC/C(=C(/c1ccc(/C=C/C(=O)O)cc1)c1ccc(N)c(C=N)c1)c1ccc(Oc2ccccc2)c(C)c1. The number of rotatable bonds is 9. The lowest BCUT2D eigenvalue weighted by atomic mass is 9.86. The van der Waals surface area contributed by atoms with E-state index in [-0.39, 0.29) is 0 Å². The largest absolute Gasteiger partial charge is 0.478 e. The van der Waals surface area contributed by atoms with E-state index in [0.717, 1.165) is 63.0 Å². The first-order valence-electron chi connectivity index (χ1n) is 12.4. The molecule has 0 radical (unpaired) electrons. The van der Waals surface area contributed by atoms with Crippen LogP contribution in [-0.2, 0) is 4.79 Å². The monoisotopic (exact) mass is 502 g/mol. The number of allylic oxidation sites excluding steroid dienone is 1. The Morgan fingerprint density at radius 3 is 2.24 bits per heavy atom. The minimum atomic E-state index is -0.987. The Hall–Kier alpha value is -4.90. The summed E-state index contributed by atoms with van der Waals surface area (Å²) < 4.78 is 6.10. The van der Waals surface area contributed by atoms with E-state index in [4.69, 9.17) is 21.0 Å². The molecule has 0 amide bonds. The Morgan fingerprint density at radius 1 is 0.921 bits per heavy atom. The number of aliphatic carboxylic acids is 1. The molecule has 0 atom stereocenters. The minimum Gasteiger partial charge on any atom is -0.478 e. The van der Waals surface area contributed by atoms with Gasteiger partial charge in [-0.05, 0) is 94.8 Å². The quantitative estimate of drug-likeness (QED) is 0.0940. The van der Waals surface area contributed by atoms with Crippen LogP contribution in [0, 0.1) is 12.3 Å². The maximum atomic E-state index is 10.9. The molecule has 0 aromatic heterocycles. The number of benzene rings is 4. The summed E-state index contributed by atoms with van der Waals surface area (Å²) >= 11 is 0. The van der Waals surface area contributed by atoms with Gasteiger partial charge in [-0.25, -0.2) is 4.79 Å². The molecule has 4 N–H and O–H groups in total. The van der Waals surface area contributed by atoms with Crippen molar-refractivity contribution in [2.24, 2.45) is 0 Å². The lowest BCUT2D eigenvalue weighted by Crippen LogP contribution is -1.99. The van der Waals surface area contributed by atoms with Gasteiger partial charge < -0.3 is 21.0 Å². The van der Waals surface area contributed by atoms with Crippen LogP contribution in [0.1, 0.15) is 46.7 Å². The molecule has 0 aliphatic rings. The molecule has 0 fully saturated rings. The molecule has 4 rings (SSSR count). The Labute approximate surface area is 223 Å². The van der Waals surface area contributed by atoms with Gasteiger partial charge in [0.25, 0.3) is 0 Å². The topological polar surface area (TPSA) is 96.4 Å². The zero-order valence-electron chi connectivity index (χ0n) is 21.4. The molecule has 38 heavy (non-hydrogen) atoms. The smallest absolute Gasteiger partial charge is 0.328 e. The molecule has 5 heteroatoms. The highest BCUT2D eigenvalue weighted by Crippen LogP contribution is 2.37. The van der Waals surface area contributed by atoms with Gasteiger partial charge in [0, 0.05) is 23.5 Å². The molecule has 190 valence electrons. The zero-order valence-corrected chi connectivity index (χ0v) is 21.4. The van der Waals surface area contributed by atoms with Crippen LogP contribution in [-0.4, -0.2) is 17.3 Å². The highest BCUT2D eigenvalue weighted by molar-refractivity contribution is 6.00. The van der Waals surface area contributed by atoms with Crippen molar-refractivity contribution < 1.29 is 14.6 Å². The maximum absolute atomic E-state index is 10.9. The van der Waals surface area contributed by atoms with Crippen molar-refractivity contribution in [1.82, 2.24) is 0 Å². The van der Waals surface area contributed by atoms with Gasteiger partial charge in [-0.15, -0.1) is 0 Å². The minimum absolute atomic E-state index is 0.550. The van der Waals surface area contributed by atoms with Gasteiger partial charge in [0.1, 0.15) is 11.5 Å². The summed E-state index contributed by atoms with van der Waals surface area (Å²) in [6.45, 7) is 4.16. The van der Waals surface area contributed by atoms with Crippen LogP contribution in [0.15, 0.2) is 97.1 Å². The summed E-state index contributed by atoms with van der Waals surface area (Å²) in [7, 11) is 0. The van der Waals surface area contributed by atoms with E-state index < -0.39 is 5.97 Å². The number of anilines is 1. The number of aryl methyl sites for hydroxylation is 1. The molecule has 0 saturated carbocycles. The van der Waals surface area contributed by atoms with E-state index in [1.165, 1.54) is 6.21 Å². The van der Waals surface area contributed by atoms with Gasteiger partial charge in [-0.2, -0.15) is 0 Å². The van der Waals surface area contributed by atoms with Gasteiger partial charge in [-0.1, -0.05) is 61.5 Å². The van der Waals surface area contributed by atoms with Gasteiger partial charge in [-0.3, -0.25) is 0 Å². The van der Waals surface area contributed by atoms with Gasteiger partial charge >= 0.3 is 5.97 Å². The van der Waals surface area contributed by atoms with Crippen molar-refractivity contribution >= 4 is 35.1 Å². The first-order chi connectivity index (χ1) is 18.4. The lowest BCUT2D eigenvalue weighted by molar-refractivity contribution is -0.131. The molecule has 0 saturated heterocycles. The Balaban J connectivity index is 1.85. The van der Waals surface area contributed by atoms with E-state index in [1.807, 2.05) is 85.8 Å². The fraction of sp³-hybridized carbons (Fsp3) is 0.0909. The second-order valence-electron chi connectivity index (χ2n) is 8.88. The molecule has 0 bridgehead atoms. The van der Waals surface area contributed by atoms with Gasteiger partial charge in [0.15, 0.2) is 0 Å². The number of carboxylic acid groups (broad SMARTS) is 1. The number of carboxylic acids is 1. The van der Waals surface area contributed by atoms with Crippen molar-refractivity contribution in [2.75, 3.05) is 5.73 Å². The molecular formula is C33H30N2O3. The normalized spacial score (nSPS) is 11.7. The second-order valence-corrected chi connectivity index (χ2v) is 8.88. The summed E-state index contributed by atoms with van der Waals surface area (Å²) in [6.07, 6.45) is 4.73. The molecule has 0 unspecified atom stereocenters. The first kappa shape index (κ1) is 26.2. The van der Waals surface area contributed by atoms with Gasteiger partial charge in [0.05, 0.1) is 0 Å². The average molecular weight is 503 g/mol. The average Bonchev–Trinajstić information content (AvgIpc) is 2.93. The Morgan fingerprint density at radius 2 is 1.61 bits per heavy atom. The lowest BCUT2D eigenvalue weighted by Gasteiger charge is -2.19. The molecular weight excluding hydrogens is 472 g/mol. The standard InChI is InChI=1S/C33H30N2O3/c1-3-29(25-15-17-31(22(2)19-25)38-28-7-5-4-6-8-28)33(26-14-16-30(35)27(20-26)21-34)24-12-9-23(10-13-24)11-18-32(36)37/h4-21,34H,3,35H2,1-2H3,(H,36,37)/b18-11+,33-29+,34-21?. The van der Waals surface area contributed by atoms with Crippen molar-refractivity contribution in [1.29, 1.82) is 5.41 Å². The molecule has 5 nitrogen and oxygen atoms in total. The fourth-order valence-electron chi connectivity index (χ4n) is 4.39. The van der Waals surface area contributed by atoms with Crippen molar-refractivity contribution in [3.8, 4) is 11.5 Å². The molecule has 0 heterocycles. The first-order valence-corrected chi connectivity index (χ1v) is 12.4. The zero-order chi connectivity index (χ0) is 27.1. The number of nitrogen functional groups attached to an aromatic ring is 1. The van der Waals surface area contributed by atoms with Crippen LogP contribution in [0.25, 0.3) is 17.2 Å². The van der Waals surface area contributed by atoms with Crippen LogP contribution >= 0.6 is 0 Å². The van der Waals surface area contributed by atoms with Crippen LogP contribution in [0.3, 0.4) is 0 Å².